The minimum Gasteiger partial charge on any atom is -0.234 e. The number of hydrogen-bond donors (Lipinski definition) is 0. The van der Waals surface area contributed by atoms with Crippen molar-refractivity contribution in [3.05, 3.63) is 10.8 Å². The van der Waals surface area contributed by atoms with E-state index in [0.29, 0.717) is 0 Å². The van der Waals surface area contributed by atoms with Crippen LogP contribution in [0.2, 0.25) is 5.15 Å². The Kier molecular flexibility index (Phi) is 6.46. The first kappa shape index (κ1) is 13.5. The minimum atomic E-state index is 0.741. The van der Waals surface area contributed by atoms with E-state index < -0.39 is 0 Å². The molecule has 0 saturated carbocycles. The molecule has 0 amide bonds. The Morgan fingerprint density at radius 2 is 1.81 bits per heavy atom. The van der Waals surface area contributed by atoms with Crippen LogP contribution in [0, 0.1) is 0 Å². The van der Waals surface area contributed by atoms with Crippen LogP contribution in [0.1, 0.15) is 58.1 Å². The standard InChI is InChI=1S/C12H22ClN3/c1-3-5-7-8-10-16-12(13)11(14-15-16)9-6-4-2/h3-10H2,1-2H3. The first-order chi connectivity index (χ1) is 7.79. The van der Waals surface area contributed by atoms with E-state index in [-0.39, 0.29) is 0 Å². The molecule has 3 nitrogen and oxygen atoms in total. The Hall–Kier alpha value is -0.570. The normalized spacial score (nSPS) is 10.9. The summed E-state index contributed by atoms with van der Waals surface area (Å²) < 4.78 is 1.84. The summed E-state index contributed by atoms with van der Waals surface area (Å²) in [5.74, 6) is 0. The fourth-order valence-electron chi connectivity index (χ4n) is 1.67. The highest BCUT2D eigenvalue weighted by Crippen LogP contribution is 2.16. The maximum Gasteiger partial charge on any atom is 0.150 e. The molecule has 1 aromatic heterocycles. The molecular formula is C12H22ClN3. The Morgan fingerprint density at radius 3 is 2.50 bits per heavy atom. The predicted octanol–water partition coefficient (Wildman–Crippen LogP) is 3.85. The van der Waals surface area contributed by atoms with Gasteiger partial charge in [-0.25, -0.2) is 4.68 Å². The molecule has 0 aliphatic heterocycles. The van der Waals surface area contributed by atoms with E-state index in [9.17, 15) is 0 Å². The Bertz CT molecular complexity index is 296. The van der Waals surface area contributed by atoms with E-state index in [1.807, 2.05) is 4.68 Å². The van der Waals surface area contributed by atoms with Crippen LogP contribution in [-0.2, 0) is 13.0 Å². The molecule has 92 valence electrons. The lowest BCUT2D eigenvalue weighted by Crippen LogP contribution is -2.00. The molecule has 0 fully saturated rings. The van der Waals surface area contributed by atoms with Gasteiger partial charge in [-0.2, -0.15) is 0 Å². The summed E-state index contributed by atoms with van der Waals surface area (Å²) in [6.07, 6.45) is 8.18. The summed E-state index contributed by atoms with van der Waals surface area (Å²) in [7, 11) is 0. The number of rotatable bonds is 8. The van der Waals surface area contributed by atoms with Crippen molar-refractivity contribution in [3.8, 4) is 0 Å². The molecule has 0 aliphatic rings. The summed E-state index contributed by atoms with van der Waals surface area (Å²) >= 11 is 6.21. The molecule has 0 aromatic carbocycles. The zero-order valence-electron chi connectivity index (χ0n) is 10.4. The molecule has 1 heterocycles. The second-order valence-corrected chi connectivity index (χ2v) is 4.57. The number of nitrogens with zero attached hydrogens (tertiary/aromatic N) is 3. The van der Waals surface area contributed by atoms with Crippen LogP contribution in [0.25, 0.3) is 0 Å². The fourth-order valence-corrected chi connectivity index (χ4v) is 1.92. The van der Waals surface area contributed by atoms with E-state index >= 15 is 0 Å². The molecule has 0 spiro atoms. The molecule has 1 rings (SSSR count). The topological polar surface area (TPSA) is 30.7 Å². The fraction of sp³-hybridized carbons (Fsp3) is 0.833. The van der Waals surface area contributed by atoms with Crippen molar-refractivity contribution in [1.29, 1.82) is 0 Å². The van der Waals surface area contributed by atoms with Gasteiger partial charge in [0.2, 0.25) is 0 Å². The second kappa shape index (κ2) is 7.66. The van der Waals surface area contributed by atoms with Crippen LogP contribution < -0.4 is 0 Å². The van der Waals surface area contributed by atoms with Gasteiger partial charge in [-0.1, -0.05) is 56.3 Å². The number of halogens is 1. The summed E-state index contributed by atoms with van der Waals surface area (Å²) in [5, 5.41) is 8.97. The van der Waals surface area contributed by atoms with E-state index in [0.717, 1.165) is 36.7 Å². The predicted molar refractivity (Wildman–Crippen MR) is 67.8 cm³/mol. The maximum absolute atomic E-state index is 6.21. The molecule has 0 unspecified atom stereocenters. The minimum absolute atomic E-state index is 0.741. The van der Waals surface area contributed by atoms with Gasteiger partial charge in [0.1, 0.15) is 10.8 Å². The largest absolute Gasteiger partial charge is 0.234 e. The van der Waals surface area contributed by atoms with Gasteiger partial charge in [-0.3, -0.25) is 0 Å². The van der Waals surface area contributed by atoms with Crippen LogP contribution in [0.15, 0.2) is 0 Å². The second-order valence-electron chi connectivity index (χ2n) is 4.21. The highest BCUT2D eigenvalue weighted by atomic mass is 35.5. The summed E-state index contributed by atoms with van der Waals surface area (Å²) in [5.41, 5.74) is 0.957. The SMILES string of the molecule is CCCCCCn1nnc(CCCC)c1Cl. The van der Waals surface area contributed by atoms with Gasteiger partial charge in [0.25, 0.3) is 0 Å². The van der Waals surface area contributed by atoms with Gasteiger partial charge in [-0.05, 0) is 19.3 Å². The molecule has 0 aliphatic carbocycles. The average Bonchev–Trinajstić information content (AvgIpc) is 2.64. The average molecular weight is 244 g/mol. The third-order valence-electron chi connectivity index (χ3n) is 2.73. The number of unbranched alkanes of at least 4 members (excludes halogenated alkanes) is 4. The lowest BCUT2D eigenvalue weighted by atomic mass is 10.2. The van der Waals surface area contributed by atoms with Crippen molar-refractivity contribution in [2.75, 3.05) is 0 Å². The zero-order chi connectivity index (χ0) is 11.8. The monoisotopic (exact) mass is 243 g/mol. The summed E-state index contributed by atoms with van der Waals surface area (Å²) in [4.78, 5) is 0. The van der Waals surface area contributed by atoms with E-state index in [1.54, 1.807) is 0 Å². The van der Waals surface area contributed by atoms with Crippen molar-refractivity contribution in [2.45, 2.75) is 65.3 Å². The van der Waals surface area contributed by atoms with Gasteiger partial charge in [0.15, 0.2) is 0 Å². The van der Waals surface area contributed by atoms with E-state index in [1.165, 1.54) is 25.7 Å². The molecule has 0 N–H and O–H groups in total. The smallest absolute Gasteiger partial charge is 0.150 e. The molecule has 0 radical (unpaired) electrons. The molecule has 1 aromatic rings. The van der Waals surface area contributed by atoms with Crippen LogP contribution >= 0.6 is 11.6 Å². The van der Waals surface area contributed by atoms with Gasteiger partial charge in [-0.15, -0.1) is 5.10 Å². The first-order valence-corrected chi connectivity index (χ1v) is 6.75. The molecular weight excluding hydrogens is 222 g/mol. The first-order valence-electron chi connectivity index (χ1n) is 6.37. The Morgan fingerprint density at radius 1 is 1.06 bits per heavy atom. The van der Waals surface area contributed by atoms with Crippen LogP contribution in [-0.4, -0.2) is 15.0 Å². The molecule has 0 bridgehead atoms. The zero-order valence-corrected chi connectivity index (χ0v) is 11.1. The van der Waals surface area contributed by atoms with Crippen molar-refractivity contribution < 1.29 is 0 Å². The summed E-state index contributed by atoms with van der Waals surface area (Å²) in [6.45, 7) is 5.28. The quantitative estimate of drug-likeness (QED) is 0.650. The van der Waals surface area contributed by atoms with Gasteiger partial charge < -0.3 is 0 Å². The van der Waals surface area contributed by atoms with Crippen LogP contribution in [0.4, 0.5) is 0 Å². The van der Waals surface area contributed by atoms with Crippen molar-refractivity contribution in [3.63, 3.8) is 0 Å². The third kappa shape index (κ3) is 4.12. The number of hydrogen-bond acceptors (Lipinski definition) is 2. The van der Waals surface area contributed by atoms with Crippen molar-refractivity contribution in [2.24, 2.45) is 0 Å². The molecule has 16 heavy (non-hydrogen) atoms. The maximum atomic E-state index is 6.21. The van der Waals surface area contributed by atoms with Crippen molar-refractivity contribution >= 4 is 11.6 Å². The van der Waals surface area contributed by atoms with Gasteiger partial charge >= 0.3 is 0 Å². The van der Waals surface area contributed by atoms with Crippen LogP contribution in [0.3, 0.4) is 0 Å². The summed E-state index contributed by atoms with van der Waals surface area (Å²) in [6, 6.07) is 0. The lowest BCUT2D eigenvalue weighted by molar-refractivity contribution is 0.528. The Labute approximate surface area is 103 Å². The molecule has 0 saturated heterocycles. The Balaban J connectivity index is 2.38. The molecule has 4 heteroatoms. The van der Waals surface area contributed by atoms with Crippen LogP contribution in [0.5, 0.6) is 0 Å². The number of aromatic nitrogens is 3. The van der Waals surface area contributed by atoms with Gasteiger partial charge in [0, 0.05) is 6.54 Å². The third-order valence-corrected chi connectivity index (χ3v) is 3.14. The highest BCUT2D eigenvalue weighted by molar-refractivity contribution is 6.30. The number of aryl methyl sites for hydroxylation is 2. The van der Waals surface area contributed by atoms with E-state index in [4.69, 9.17) is 11.6 Å². The van der Waals surface area contributed by atoms with Crippen molar-refractivity contribution in [1.82, 2.24) is 15.0 Å². The van der Waals surface area contributed by atoms with Gasteiger partial charge in [0.05, 0.1) is 0 Å². The lowest BCUT2D eigenvalue weighted by Gasteiger charge is -2.01. The molecule has 0 atom stereocenters. The van der Waals surface area contributed by atoms with E-state index in [2.05, 4.69) is 24.2 Å². The highest BCUT2D eigenvalue weighted by Gasteiger charge is 2.09.